The second-order valence-electron chi connectivity index (χ2n) is 12.2. The molecule has 0 bridgehead atoms. The number of aromatic nitrogens is 4. The Kier molecular flexibility index (Phi) is 8.00. The monoisotopic (exact) mass is 617 g/mol. The molecule has 0 radical (unpaired) electrons. The number of hydrogen-bond donors (Lipinski definition) is 2. The Morgan fingerprint density at radius 2 is 2.00 bits per heavy atom. The maximum Gasteiger partial charge on any atom is 0.408 e. The van der Waals surface area contributed by atoms with Crippen molar-refractivity contribution in [3.63, 3.8) is 0 Å². The van der Waals surface area contributed by atoms with E-state index in [0.29, 0.717) is 10.7 Å². The van der Waals surface area contributed by atoms with Crippen LogP contribution in [-0.4, -0.2) is 44.1 Å². The highest BCUT2D eigenvalue weighted by Crippen LogP contribution is 2.52. The summed E-state index contributed by atoms with van der Waals surface area (Å²) in [6.45, 7) is 7.21. The zero-order valence-electron chi connectivity index (χ0n) is 24.6. The number of hydrogen-bond acceptors (Lipinski definition) is 8. The van der Waals surface area contributed by atoms with Crippen LogP contribution >= 0.6 is 23.4 Å². The Bertz CT molecular complexity index is 1660. The molecule has 6 rings (SSSR count). The fraction of sp³-hybridized carbons (Fsp3) is 0.375. The van der Waals surface area contributed by atoms with Gasteiger partial charge in [0.1, 0.15) is 5.60 Å². The minimum Gasteiger partial charge on any atom is -0.444 e. The molecular weight excluding hydrogens is 582 g/mol. The largest absolute Gasteiger partial charge is 0.444 e. The third kappa shape index (κ3) is 6.03. The molecule has 224 valence electrons. The molecule has 1 spiro atoms. The van der Waals surface area contributed by atoms with Gasteiger partial charge in [-0.05, 0) is 69.7 Å². The summed E-state index contributed by atoms with van der Waals surface area (Å²) in [5.74, 6) is 0.842. The third-order valence-corrected chi connectivity index (χ3v) is 9.73. The Morgan fingerprint density at radius 1 is 1.19 bits per heavy atom. The number of carbonyl (C=O) groups is 1. The molecule has 43 heavy (non-hydrogen) atoms. The van der Waals surface area contributed by atoms with E-state index in [1.54, 1.807) is 6.20 Å². The Balaban J connectivity index is 1.23. The molecule has 0 aromatic carbocycles. The summed E-state index contributed by atoms with van der Waals surface area (Å²) in [5.41, 5.74) is 9.15. The van der Waals surface area contributed by atoms with Crippen LogP contribution in [0, 0.1) is 5.41 Å². The predicted molar refractivity (Wildman–Crippen MR) is 171 cm³/mol. The van der Waals surface area contributed by atoms with E-state index in [0.717, 1.165) is 65.7 Å². The number of fused-ring (bicyclic) bond motifs is 2. The van der Waals surface area contributed by atoms with Crippen LogP contribution in [0.3, 0.4) is 0 Å². The van der Waals surface area contributed by atoms with E-state index in [1.165, 1.54) is 17.3 Å². The zero-order valence-corrected chi connectivity index (χ0v) is 26.2. The molecule has 0 saturated carbocycles. The maximum absolute atomic E-state index is 12.9. The fourth-order valence-corrected chi connectivity index (χ4v) is 7.32. The number of alkyl carbamates (subject to hydrolysis) is 1. The van der Waals surface area contributed by atoms with Gasteiger partial charge in [-0.15, -0.1) is 0 Å². The SMILES string of the molecule is CC(C)(C)OC(=O)N[C@@H]1c2cnccc2CC12CCN(c1ncc(SC3=C(Cl)/C(N)=C\C=C\C/C=C\3)c3nccn13)CC2. The minimum absolute atomic E-state index is 0.128. The number of nitrogens with two attached hydrogens (primary N) is 1. The van der Waals surface area contributed by atoms with Gasteiger partial charge in [-0.2, -0.15) is 0 Å². The lowest BCUT2D eigenvalue weighted by Gasteiger charge is -2.43. The summed E-state index contributed by atoms with van der Waals surface area (Å²) in [4.78, 5) is 30.9. The smallest absolute Gasteiger partial charge is 0.408 e. The van der Waals surface area contributed by atoms with Crippen molar-refractivity contribution >= 4 is 41.1 Å². The van der Waals surface area contributed by atoms with Gasteiger partial charge in [0.05, 0.1) is 21.7 Å². The van der Waals surface area contributed by atoms with Gasteiger partial charge in [0, 0.05) is 54.4 Å². The van der Waals surface area contributed by atoms with E-state index < -0.39 is 11.7 Å². The van der Waals surface area contributed by atoms with Crippen LogP contribution in [0.25, 0.3) is 5.65 Å². The highest BCUT2D eigenvalue weighted by atomic mass is 35.5. The first-order valence-corrected chi connectivity index (χ1v) is 15.7. The second-order valence-corrected chi connectivity index (χ2v) is 13.7. The van der Waals surface area contributed by atoms with Crippen molar-refractivity contribution in [1.29, 1.82) is 0 Å². The van der Waals surface area contributed by atoms with Crippen molar-refractivity contribution < 1.29 is 9.53 Å². The van der Waals surface area contributed by atoms with Gasteiger partial charge >= 0.3 is 6.09 Å². The first-order valence-electron chi connectivity index (χ1n) is 14.5. The van der Waals surface area contributed by atoms with Gasteiger partial charge in [-0.25, -0.2) is 14.8 Å². The molecule has 1 aliphatic heterocycles. The average Bonchev–Trinajstić information content (AvgIpc) is 3.58. The fourth-order valence-electron chi connectivity index (χ4n) is 6.12. The number of anilines is 1. The lowest BCUT2D eigenvalue weighted by atomic mass is 9.73. The number of carbonyl (C=O) groups excluding carboxylic acids is 1. The Hall–Kier alpha value is -3.76. The van der Waals surface area contributed by atoms with Crippen LogP contribution in [0.4, 0.5) is 10.7 Å². The molecule has 1 saturated heterocycles. The van der Waals surface area contributed by atoms with E-state index in [-0.39, 0.29) is 11.5 Å². The van der Waals surface area contributed by atoms with Gasteiger partial charge in [-0.1, -0.05) is 47.7 Å². The number of imidazole rings is 1. The minimum atomic E-state index is -0.573. The van der Waals surface area contributed by atoms with Crippen molar-refractivity contribution in [2.24, 2.45) is 11.1 Å². The molecule has 11 heteroatoms. The first-order chi connectivity index (χ1) is 20.6. The highest BCUT2D eigenvalue weighted by Gasteiger charge is 2.49. The molecule has 1 fully saturated rings. The van der Waals surface area contributed by atoms with E-state index in [9.17, 15) is 4.79 Å². The van der Waals surface area contributed by atoms with Crippen molar-refractivity contribution in [1.82, 2.24) is 24.7 Å². The number of rotatable bonds is 4. The second kappa shape index (κ2) is 11.7. The molecule has 4 heterocycles. The standard InChI is InChI=1S/C32H36ClN7O2S/c1-31(2,3)42-30(41)38-27-22-19-35-13-10-21(22)18-32(27)11-15-39(16-12-32)29-37-20-25(28-36-14-17-40(28)29)43-24-9-7-5-4-6-8-23(34)26(24)33/h4,6-10,13-14,17,19-20,27H,5,11-12,15-16,18,34H2,1-3H3,(H,38,41)/b6-4+,9-7-,23-8+,26-24-/t27-/m1/s1. The lowest BCUT2D eigenvalue weighted by Crippen LogP contribution is -2.48. The number of nitrogens with one attached hydrogen (secondary N) is 1. The van der Waals surface area contributed by atoms with Gasteiger partial charge < -0.3 is 20.7 Å². The lowest BCUT2D eigenvalue weighted by molar-refractivity contribution is 0.0427. The highest BCUT2D eigenvalue weighted by molar-refractivity contribution is 8.03. The van der Waals surface area contributed by atoms with Crippen molar-refractivity contribution in [2.45, 2.75) is 63.0 Å². The molecule has 2 aliphatic carbocycles. The molecule has 3 aromatic rings. The molecule has 9 nitrogen and oxygen atoms in total. The molecule has 3 aliphatic rings. The number of piperidine rings is 1. The molecule has 0 unspecified atom stereocenters. The number of amides is 1. The van der Waals surface area contributed by atoms with E-state index in [1.807, 2.05) is 74.3 Å². The molecular formula is C32H36ClN7O2S. The quantitative estimate of drug-likeness (QED) is 0.344. The van der Waals surface area contributed by atoms with Gasteiger partial charge in [-0.3, -0.25) is 9.38 Å². The summed E-state index contributed by atoms with van der Waals surface area (Å²) in [5, 5.41) is 3.71. The van der Waals surface area contributed by atoms with E-state index in [4.69, 9.17) is 27.1 Å². The number of thioether (sulfide) groups is 1. The van der Waals surface area contributed by atoms with Crippen LogP contribution in [0.1, 0.15) is 57.2 Å². The summed E-state index contributed by atoms with van der Waals surface area (Å²) in [6.07, 6.45) is 22.2. The number of nitrogens with zero attached hydrogens (tertiary/aromatic N) is 5. The Morgan fingerprint density at radius 3 is 2.79 bits per heavy atom. The average molecular weight is 618 g/mol. The van der Waals surface area contributed by atoms with Crippen molar-refractivity contribution in [2.75, 3.05) is 18.0 Å². The summed E-state index contributed by atoms with van der Waals surface area (Å²) in [7, 11) is 0. The maximum atomic E-state index is 12.9. The third-order valence-electron chi connectivity index (χ3n) is 8.13. The molecule has 1 atom stereocenters. The van der Waals surface area contributed by atoms with Gasteiger partial charge in [0.15, 0.2) is 5.65 Å². The van der Waals surface area contributed by atoms with Crippen LogP contribution in [0.2, 0.25) is 0 Å². The number of allylic oxidation sites excluding steroid dienone is 6. The molecule has 1 amide bonds. The Labute approximate surface area is 261 Å². The van der Waals surface area contributed by atoms with E-state index >= 15 is 0 Å². The molecule has 3 aromatic heterocycles. The first kappa shape index (κ1) is 29.3. The summed E-state index contributed by atoms with van der Waals surface area (Å²) in [6, 6.07) is 1.91. The van der Waals surface area contributed by atoms with Gasteiger partial charge in [0.2, 0.25) is 5.95 Å². The topological polar surface area (TPSA) is 111 Å². The number of halogens is 1. The number of ether oxygens (including phenoxy) is 1. The zero-order chi connectivity index (χ0) is 30.2. The van der Waals surface area contributed by atoms with Crippen LogP contribution in [0.5, 0.6) is 0 Å². The predicted octanol–water partition coefficient (Wildman–Crippen LogP) is 6.43. The summed E-state index contributed by atoms with van der Waals surface area (Å²) >= 11 is 8.17. The van der Waals surface area contributed by atoms with Crippen LogP contribution < -0.4 is 16.0 Å². The van der Waals surface area contributed by atoms with Gasteiger partial charge in [0.25, 0.3) is 0 Å². The summed E-state index contributed by atoms with van der Waals surface area (Å²) < 4.78 is 7.68. The molecule has 3 N–H and O–H groups in total. The van der Waals surface area contributed by atoms with Crippen molar-refractivity contribution in [3.8, 4) is 0 Å². The van der Waals surface area contributed by atoms with Crippen LogP contribution in [-0.2, 0) is 11.2 Å². The van der Waals surface area contributed by atoms with Crippen molar-refractivity contribution in [3.05, 3.63) is 94.2 Å². The number of pyridine rings is 1. The van der Waals surface area contributed by atoms with Crippen LogP contribution in [0.15, 0.2) is 88.0 Å². The normalized spacial score (nSPS) is 24.4. The van der Waals surface area contributed by atoms with E-state index in [2.05, 4.69) is 32.3 Å².